The summed E-state index contributed by atoms with van der Waals surface area (Å²) in [6, 6.07) is 9.35. The van der Waals surface area contributed by atoms with Crippen LogP contribution in [0.4, 0.5) is 10.6 Å². The van der Waals surface area contributed by atoms with Crippen LogP contribution in [0.2, 0.25) is 23.2 Å². The molecule has 1 aliphatic heterocycles. The van der Waals surface area contributed by atoms with Gasteiger partial charge in [-0.2, -0.15) is 5.10 Å². The maximum Gasteiger partial charge on any atom is 0.407 e. The molecule has 2 N–H and O–H groups in total. The van der Waals surface area contributed by atoms with Crippen LogP contribution < -0.4 is 9.64 Å². The molecule has 0 fully saturated rings. The van der Waals surface area contributed by atoms with Gasteiger partial charge in [-0.05, 0) is 54.9 Å². The van der Waals surface area contributed by atoms with Crippen LogP contribution in [0.15, 0.2) is 42.7 Å². The number of aromatic nitrogens is 5. The second-order valence-corrected chi connectivity index (χ2v) is 18.8. The molecule has 0 aliphatic carbocycles. The molecule has 14 heteroatoms. The van der Waals surface area contributed by atoms with Gasteiger partial charge in [0.25, 0.3) is 0 Å². The molecule has 4 heterocycles. The molecule has 1 atom stereocenters. The van der Waals surface area contributed by atoms with Crippen molar-refractivity contribution in [3.05, 3.63) is 70.1 Å². The average Bonchev–Trinajstić information content (AvgIpc) is 3.67. The lowest BCUT2D eigenvalue weighted by atomic mass is 10.1. The molecule has 1 aromatic carbocycles. The van der Waals surface area contributed by atoms with Crippen molar-refractivity contribution in [3.63, 3.8) is 0 Å². The quantitative estimate of drug-likeness (QED) is 0.121. The van der Waals surface area contributed by atoms with Crippen molar-refractivity contribution in [1.82, 2.24) is 30.0 Å². The van der Waals surface area contributed by atoms with E-state index in [1.165, 1.54) is 11.9 Å². The fraction of sp³-hybridized carbons (Fsp3) is 0.424. The number of amides is 1. The Morgan fingerprint density at radius 1 is 1.21 bits per heavy atom. The van der Waals surface area contributed by atoms with Gasteiger partial charge in [0.05, 0.1) is 53.4 Å². The Kier molecular flexibility index (Phi) is 10.2. The zero-order valence-electron chi connectivity index (χ0n) is 27.8. The maximum atomic E-state index is 11.7. The Morgan fingerprint density at radius 3 is 2.66 bits per heavy atom. The van der Waals surface area contributed by atoms with Crippen LogP contribution >= 0.6 is 23.2 Å². The number of nitrogens with one attached hydrogen (secondary N) is 1. The van der Waals surface area contributed by atoms with Gasteiger partial charge in [-0.25, -0.2) is 14.8 Å². The number of fused-ring (bicyclic) bond motifs is 1. The summed E-state index contributed by atoms with van der Waals surface area (Å²) in [5, 5.41) is 17.2. The number of rotatable bonds is 11. The fourth-order valence-corrected chi connectivity index (χ4v) is 6.93. The first kappa shape index (κ1) is 34.6. The molecule has 1 amide bonds. The van der Waals surface area contributed by atoms with Gasteiger partial charge in [-0.15, -0.1) is 11.6 Å². The summed E-state index contributed by atoms with van der Waals surface area (Å²) in [6.07, 6.45) is 1.99. The van der Waals surface area contributed by atoms with E-state index in [1.807, 2.05) is 13.0 Å². The molecular formula is C33H41Cl2N7O4Si. The lowest BCUT2D eigenvalue weighted by molar-refractivity contribution is 0.0794. The molecule has 5 rings (SSSR count). The highest BCUT2D eigenvalue weighted by Crippen LogP contribution is 2.39. The number of halogens is 2. The van der Waals surface area contributed by atoms with Crippen molar-refractivity contribution < 1.29 is 19.1 Å². The molecule has 4 aromatic rings. The lowest BCUT2D eigenvalue weighted by Gasteiger charge is -2.39. The summed E-state index contributed by atoms with van der Waals surface area (Å²) in [5.41, 5.74) is 5.81. The zero-order valence-corrected chi connectivity index (χ0v) is 30.3. The van der Waals surface area contributed by atoms with Crippen LogP contribution in [-0.4, -0.2) is 75.9 Å². The average molecular weight is 699 g/mol. The highest BCUT2D eigenvalue weighted by molar-refractivity contribution is 6.74. The smallest absolute Gasteiger partial charge is 0.407 e. The molecule has 0 saturated carbocycles. The number of carboxylic acid groups (broad SMARTS) is 1. The number of benzene rings is 1. The van der Waals surface area contributed by atoms with Crippen LogP contribution in [-0.2, 0) is 23.4 Å². The van der Waals surface area contributed by atoms with Gasteiger partial charge in [-0.3, -0.25) is 10.1 Å². The molecule has 1 aliphatic rings. The Hall–Kier alpha value is -3.71. The van der Waals surface area contributed by atoms with Gasteiger partial charge in [0.2, 0.25) is 0 Å². The molecule has 3 aromatic heterocycles. The molecule has 0 bridgehead atoms. The minimum absolute atomic E-state index is 0.0660. The first-order chi connectivity index (χ1) is 22.2. The first-order valence-electron chi connectivity index (χ1n) is 15.4. The minimum atomic E-state index is -2.24. The Morgan fingerprint density at radius 2 is 1.98 bits per heavy atom. The molecule has 0 unspecified atom stereocenters. The summed E-state index contributed by atoms with van der Waals surface area (Å²) < 4.78 is 12.9. The van der Waals surface area contributed by atoms with Gasteiger partial charge < -0.3 is 24.1 Å². The first-order valence-corrected chi connectivity index (χ1v) is 19.2. The number of H-pyrrole nitrogens is 1. The summed E-state index contributed by atoms with van der Waals surface area (Å²) in [7, 11) is -0.710. The summed E-state index contributed by atoms with van der Waals surface area (Å²) >= 11 is 13.1. The minimum Gasteiger partial charge on any atom is -0.491 e. The number of carbonyl (C=O) groups is 1. The van der Waals surface area contributed by atoms with E-state index in [-0.39, 0.29) is 24.1 Å². The summed E-state index contributed by atoms with van der Waals surface area (Å²) in [5.74, 6) is 1.95. The number of hydrogen-bond acceptors (Lipinski definition) is 8. The number of ether oxygens (including phenoxy) is 1. The Bertz CT molecular complexity index is 1740. The van der Waals surface area contributed by atoms with E-state index >= 15 is 0 Å². The highest BCUT2D eigenvalue weighted by atomic mass is 35.5. The predicted molar refractivity (Wildman–Crippen MR) is 187 cm³/mol. The second kappa shape index (κ2) is 13.8. The maximum absolute atomic E-state index is 11.7. The third kappa shape index (κ3) is 7.56. The molecule has 250 valence electrons. The van der Waals surface area contributed by atoms with Crippen molar-refractivity contribution in [2.45, 2.75) is 70.9 Å². The molecule has 47 heavy (non-hydrogen) atoms. The van der Waals surface area contributed by atoms with Gasteiger partial charge in [0.15, 0.2) is 14.1 Å². The Labute approximate surface area is 286 Å². The SMILES string of the molecule is Cc1c(-c2[nH]ncc2CCl)nc(-c2cc(OC[C@@H](CN(C)C(=O)O)O[Si](C)(C)C(C)(C)C)ccc2Cl)nc1N1Cc2cccnc2C1. The molecule has 0 spiro atoms. The number of aromatic amines is 1. The third-order valence-electron chi connectivity index (χ3n) is 8.89. The van der Waals surface area contributed by atoms with Crippen LogP contribution in [0.3, 0.4) is 0 Å². The van der Waals surface area contributed by atoms with Crippen LogP contribution in [0, 0.1) is 6.92 Å². The number of likely N-dealkylation sites (N-methyl/N-ethyl adjacent to an activating group) is 1. The van der Waals surface area contributed by atoms with E-state index in [9.17, 15) is 9.90 Å². The van der Waals surface area contributed by atoms with E-state index in [1.54, 1.807) is 30.6 Å². The van der Waals surface area contributed by atoms with Gasteiger partial charge in [-0.1, -0.05) is 38.4 Å². The number of hydrogen-bond donors (Lipinski definition) is 2. The molecular weight excluding hydrogens is 657 g/mol. The zero-order chi connectivity index (χ0) is 34.1. The van der Waals surface area contributed by atoms with Crippen LogP contribution in [0.5, 0.6) is 5.75 Å². The number of pyridine rings is 1. The Balaban J connectivity index is 1.50. The van der Waals surface area contributed by atoms with E-state index in [0.717, 1.165) is 28.2 Å². The monoisotopic (exact) mass is 697 g/mol. The van der Waals surface area contributed by atoms with Crippen LogP contribution in [0.1, 0.15) is 43.2 Å². The fourth-order valence-electron chi connectivity index (χ4n) is 5.20. The van der Waals surface area contributed by atoms with Gasteiger partial charge in [0.1, 0.15) is 18.2 Å². The van der Waals surface area contributed by atoms with E-state index in [0.29, 0.717) is 46.6 Å². The summed E-state index contributed by atoms with van der Waals surface area (Å²) in [4.78, 5) is 29.7. The van der Waals surface area contributed by atoms with Crippen molar-refractivity contribution in [3.8, 4) is 28.5 Å². The number of nitrogens with zero attached hydrogens (tertiary/aromatic N) is 6. The standard InChI is InChI=1S/C33H41Cl2N7O4Si/c1-20-28(29-22(14-34)15-37-40-29)38-30(39-31(20)42-16-21-9-8-12-36-27(21)18-42)25-13-23(10-11-26(25)35)45-19-24(17-41(5)32(43)44)46-47(6,7)33(2,3)4/h8-13,15,24H,14,16-19H2,1-7H3,(H,37,40)(H,43,44)/t24-/m1/s1. The number of alkyl halides is 1. The van der Waals surface area contributed by atoms with Crippen molar-refractivity contribution in [2.24, 2.45) is 0 Å². The highest BCUT2D eigenvalue weighted by Gasteiger charge is 2.40. The summed E-state index contributed by atoms with van der Waals surface area (Å²) in [6.45, 7) is 14.3. The number of anilines is 1. The van der Waals surface area contributed by atoms with E-state index in [4.69, 9.17) is 42.3 Å². The van der Waals surface area contributed by atoms with Gasteiger partial charge in [0, 0.05) is 36.5 Å². The van der Waals surface area contributed by atoms with E-state index < -0.39 is 20.5 Å². The normalized spacial score (nSPS) is 13.9. The molecule has 0 radical (unpaired) electrons. The third-order valence-corrected chi connectivity index (χ3v) is 14.0. The molecule has 11 nitrogen and oxygen atoms in total. The van der Waals surface area contributed by atoms with Gasteiger partial charge >= 0.3 is 6.09 Å². The largest absolute Gasteiger partial charge is 0.491 e. The topological polar surface area (TPSA) is 130 Å². The van der Waals surface area contributed by atoms with Crippen molar-refractivity contribution >= 4 is 43.4 Å². The second-order valence-electron chi connectivity index (χ2n) is 13.3. The van der Waals surface area contributed by atoms with Crippen LogP contribution in [0.25, 0.3) is 22.8 Å². The molecule has 0 saturated heterocycles. The van der Waals surface area contributed by atoms with Crippen molar-refractivity contribution in [1.29, 1.82) is 0 Å². The van der Waals surface area contributed by atoms with Crippen molar-refractivity contribution in [2.75, 3.05) is 25.1 Å². The predicted octanol–water partition coefficient (Wildman–Crippen LogP) is 7.53. The lowest BCUT2D eigenvalue weighted by Crippen LogP contribution is -2.49. The van der Waals surface area contributed by atoms with E-state index in [2.05, 4.69) is 60.0 Å².